The summed E-state index contributed by atoms with van der Waals surface area (Å²) in [5.41, 5.74) is 8.00. The van der Waals surface area contributed by atoms with Crippen LogP contribution in [0.2, 0.25) is 0 Å². The van der Waals surface area contributed by atoms with Gasteiger partial charge < -0.3 is 5.73 Å². The van der Waals surface area contributed by atoms with Crippen LogP contribution in [-0.4, -0.2) is 14.8 Å². The molecule has 2 aromatic carbocycles. The molecular formula is C15H16N4. The van der Waals surface area contributed by atoms with Crippen LogP contribution >= 0.6 is 0 Å². The van der Waals surface area contributed by atoms with E-state index < -0.39 is 0 Å². The van der Waals surface area contributed by atoms with Gasteiger partial charge >= 0.3 is 0 Å². The summed E-state index contributed by atoms with van der Waals surface area (Å²) in [4.78, 5) is 4.36. The number of hydrogen-bond acceptors (Lipinski definition) is 3. The lowest BCUT2D eigenvalue weighted by Gasteiger charge is -2.10. The highest BCUT2D eigenvalue weighted by molar-refractivity contribution is 5.92. The SMILES string of the molecule is Cc1nc(C)n(-c2ccc(CN)c3ccccc23)n1. The molecule has 3 aromatic rings. The summed E-state index contributed by atoms with van der Waals surface area (Å²) in [5, 5.41) is 6.79. The van der Waals surface area contributed by atoms with Crippen molar-refractivity contribution in [3.8, 4) is 5.69 Å². The summed E-state index contributed by atoms with van der Waals surface area (Å²) < 4.78 is 1.89. The van der Waals surface area contributed by atoms with Gasteiger partial charge in [0.05, 0.1) is 5.69 Å². The van der Waals surface area contributed by atoms with Crippen molar-refractivity contribution in [1.29, 1.82) is 0 Å². The van der Waals surface area contributed by atoms with Crippen LogP contribution < -0.4 is 5.73 Å². The van der Waals surface area contributed by atoms with Crippen LogP contribution in [0.1, 0.15) is 17.2 Å². The zero-order valence-corrected chi connectivity index (χ0v) is 11.1. The molecule has 0 fully saturated rings. The molecule has 2 N–H and O–H groups in total. The third kappa shape index (κ3) is 1.90. The van der Waals surface area contributed by atoms with Crippen LogP contribution in [0.15, 0.2) is 36.4 Å². The number of aromatic nitrogens is 3. The van der Waals surface area contributed by atoms with Crippen LogP contribution in [0.4, 0.5) is 0 Å². The standard InChI is InChI=1S/C15H16N4/c1-10-17-11(2)19(18-10)15-8-7-12(9-16)13-5-3-4-6-14(13)15/h3-8H,9,16H2,1-2H3. The number of hydrogen-bond donors (Lipinski definition) is 1. The first-order valence-electron chi connectivity index (χ1n) is 6.32. The first-order chi connectivity index (χ1) is 9.20. The molecule has 0 aliphatic heterocycles. The maximum Gasteiger partial charge on any atom is 0.148 e. The summed E-state index contributed by atoms with van der Waals surface area (Å²) >= 11 is 0. The fourth-order valence-electron chi connectivity index (χ4n) is 2.46. The maximum absolute atomic E-state index is 5.80. The van der Waals surface area contributed by atoms with E-state index in [1.165, 1.54) is 5.39 Å². The summed E-state index contributed by atoms with van der Waals surface area (Å²) in [6.07, 6.45) is 0. The predicted octanol–water partition coefficient (Wildman–Crippen LogP) is 2.50. The van der Waals surface area contributed by atoms with Gasteiger partial charge in [0.1, 0.15) is 11.6 Å². The molecule has 0 unspecified atom stereocenters. The third-order valence-electron chi connectivity index (χ3n) is 3.31. The Balaban J connectivity index is 2.34. The zero-order chi connectivity index (χ0) is 13.4. The summed E-state index contributed by atoms with van der Waals surface area (Å²) in [6, 6.07) is 12.4. The van der Waals surface area contributed by atoms with Crippen molar-refractivity contribution in [2.24, 2.45) is 5.73 Å². The molecule has 1 aromatic heterocycles. The Kier molecular flexibility index (Phi) is 2.80. The van der Waals surface area contributed by atoms with E-state index in [0.29, 0.717) is 6.54 Å². The van der Waals surface area contributed by atoms with Crippen molar-refractivity contribution in [2.75, 3.05) is 0 Å². The van der Waals surface area contributed by atoms with Crippen molar-refractivity contribution in [1.82, 2.24) is 14.8 Å². The highest BCUT2D eigenvalue weighted by atomic mass is 15.3. The zero-order valence-electron chi connectivity index (χ0n) is 11.1. The molecule has 3 rings (SSSR count). The van der Waals surface area contributed by atoms with Crippen molar-refractivity contribution in [3.63, 3.8) is 0 Å². The molecule has 0 atom stereocenters. The highest BCUT2D eigenvalue weighted by Crippen LogP contribution is 2.25. The van der Waals surface area contributed by atoms with Gasteiger partial charge in [0.15, 0.2) is 0 Å². The number of nitrogens with zero attached hydrogens (tertiary/aromatic N) is 3. The van der Waals surface area contributed by atoms with E-state index in [1.54, 1.807) is 0 Å². The number of rotatable bonds is 2. The Morgan fingerprint density at radius 3 is 2.42 bits per heavy atom. The van der Waals surface area contributed by atoms with Gasteiger partial charge in [0, 0.05) is 11.9 Å². The molecule has 0 radical (unpaired) electrons. The van der Waals surface area contributed by atoms with Crippen LogP contribution in [0.25, 0.3) is 16.5 Å². The minimum absolute atomic E-state index is 0.538. The maximum atomic E-state index is 5.80. The highest BCUT2D eigenvalue weighted by Gasteiger charge is 2.10. The monoisotopic (exact) mass is 252 g/mol. The average Bonchev–Trinajstić information content (AvgIpc) is 2.76. The van der Waals surface area contributed by atoms with Gasteiger partial charge in [-0.05, 0) is 30.9 Å². The van der Waals surface area contributed by atoms with E-state index in [4.69, 9.17) is 5.73 Å². The summed E-state index contributed by atoms with van der Waals surface area (Å²) in [5.74, 6) is 1.67. The van der Waals surface area contributed by atoms with E-state index in [-0.39, 0.29) is 0 Å². The molecular weight excluding hydrogens is 236 g/mol. The fraction of sp³-hybridized carbons (Fsp3) is 0.200. The third-order valence-corrected chi connectivity index (χ3v) is 3.31. The molecule has 0 spiro atoms. The topological polar surface area (TPSA) is 56.7 Å². The van der Waals surface area contributed by atoms with Crippen molar-refractivity contribution in [3.05, 3.63) is 53.6 Å². The average molecular weight is 252 g/mol. The molecule has 0 bridgehead atoms. The summed E-state index contributed by atoms with van der Waals surface area (Å²) in [7, 11) is 0. The van der Waals surface area contributed by atoms with Crippen molar-refractivity contribution >= 4 is 10.8 Å². The quantitative estimate of drug-likeness (QED) is 0.762. The van der Waals surface area contributed by atoms with E-state index >= 15 is 0 Å². The van der Waals surface area contributed by atoms with Crippen LogP contribution in [0.3, 0.4) is 0 Å². The van der Waals surface area contributed by atoms with Crippen LogP contribution in [0.5, 0.6) is 0 Å². The van der Waals surface area contributed by atoms with Gasteiger partial charge in [0.25, 0.3) is 0 Å². The molecule has 0 saturated heterocycles. The largest absolute Gasteiger partial charge is 0.326 e. The second kappa shape index (κ2) is 4.48. The van der Waals surface area contributed by atoms with E-state index in [2.05, 4.69) is 34.3 Å². The second-order valence-electron chi connectivity index (χ2n) is 4.61. The second-order valence-corrected chi connectivity index (χ2v) is 4.61. The molecule has 19 heavy (non-hydrogen) atoms. The Bertz CT molecular complexity index is 743. The Hall–Kier alpha value is -2.20. The molecule has 4 heteroatoms. The van der Waals surface area contributed by atoms with Gasteiger partial charge in [-0.1, -0.05) is 30.3 Å². The lowest BCUT2D eigenvalue weighted by Crippen LogP contribution is -2.03. The summed E-state index contributed by atoms with van der Waals surface area (Å²) in [6.45, 7) is 4.40. The lowest BCUT2D eigenvalue weighted by atomic mass is 10.0. The van der Waals surface area contributed by atoms with Gasteiger partial charge in [0.2, 0.25) is 0 Å². The van der Waals surface area contributed by atoms with Crippen molar-refractivity contribution < 1.29 is 0 Å². The van der Waals surface area contributed by atoms with E-state index in [9.17, 15) is 0 Å². The molecule has 0 saturated carbocycles. The predicted molar refractivity (Wildman–Crippen MR) is 76.2 cm³/mol. The lowest BCUT2D eigenvalue weighted by molar-refractivity contribution is 0.836. The van der Waals surface area contributed by atoms with Crippen LogP contribution in [0, 0.1) is 13.8 Å². The minimum Gasteiger partial charge on any atom is -0.326 e. The normalized spacial score (nSPS) is 11.1. The molecule has 96 valence electrons. The number of fused-ring (bicyclic) bond motifs is 1. The number of benzene rings is 2. The minimum atomic E-state index is 0.538. The first-order valence-corrected chi connectivity index (χ1v) is 6.32. The van der Waals surface area contributed by atoms with Crippen molar-refractivity contribution in [2.45, 2.75) is 20.4 Å². The van der Waals surface area contributed by atoms with E-state index in [0.717, 1.165) is 28.3 Å². The fourth-order valence-corrected chi connectivity index (χ4v) is 2.46. The number of nitrogens with two attached hydrogens (primary N) is 1. The van der Waals surface area contributed by atoms with Gasteiger partial charge in [-0.15, -0.1) is 0 Å². The Morgan fingerprint density at radius 1 is 1.05 bits per heavy atom. The molecule has 1 heterocycles. The van der Waals surface area contributed by atoms with Gasteiger partial charge in [-0.2, -0.15) is 5.10 Å². The smallest absolute Gasteiger partial charge is 0.148 e. The molecule has 0 aliphatic rings. The van der Waals surface area contributed by atoms with Gasteiger partial charge in [-0.25, -0.2) is 9.67 Å². The molecule has 0 aliphatic carbocycles. The van der Waals surface area contributed by atoms with Gasteiger partial charge in [-0.3, -0.25) is 0 Å². The molecule has 4 nitrogen and oxygen atoms in total. The first kappa shape index (κ1) is 11.9. The number of aryl methyl sites for hydroxylation is 2. The Labute approximate surface area is 111 Å². The van der Waals surface area contributed by atoms with E-state index in [1.807, 2.05) is 30.7 Å². The van der Waals surface area contributed by atoms with Crippen LogP contribution in [-0.2, 0) is 6.54 Å². The molecule has 0 amide bonds. The Morgan fingerprint density at radius 2 is 1.79 bits per heavy atom.